The van der Waals surface area contributed by atoms with Crippen molar-refractivity contribution in [3.05, 3.63) is 12.0 Å². The van der Waals surface area contributed by atoms with Crippen molar-refractivity contribution in [3.63, 3.8) is 0 Å². The van der Waals surface area contributed by atoms with E-state index in [1.54, 1.807) is 27.7 Å². The van der Waals surface area contributed by atoms with Crippen LogP contribution < -0.4 is 16.4 Å². The zero-order valence-corrected chi connectivity index (χ0v) is 13.4. The van der Waals surface area contributed by atoms with Crippen LogP contribution in [0.25, 0.3) is 0 Å². The minimum absolute atomic E-state index is 0.111. The molecule has 0 spiro atoms. The normalized spacial score (nSPS) is 18.5. The van der Waals surface area contributed by atoms with Crippen molar-refractivity contribution in [1.82, 2.24) is 10.6 Å². The maximum atomic E-state index is 12.1. The van der Waals surface area contributed by atoms with Crippen LogP contribution >= 0.6 is 0 Å². The third-order valence-corrected chi connectivity index (χ3v) is 3.99. The zero-order chi connectivity index (χ0) is 16.3. The van der Waals surface area contributed by atoms with Crippen LogP contribution in [0.4, 0.5) is 0 Å². The van der Waals surface area contributed by atoms with Crippen LogP contribution in [0.5, 0.6) is 0 Å². The van der Waals surface area contributed by atoms with Gasteiger partial charge in [-0.3, -0.25) is 10.1 Å². The Kier molecular flexibility index (Phi) is 5.78. The predicted molar refractivity (Wildman–Crippen MR) is 82.5 cm³/mol. The fourth-order valence-corrected chi connectivity index (χ4v) is 1.62. The van der Waals surface area contributed by atoms with E-state index in [0.717, 1.165) is 6.54 Å². The third kappa shape index (κ3) is 5.65. The molecule has 0 saturated heterocycles. The number of amides is 1. The Morgan fingerprint density at radius 3 is 2.43 bits per heavy atom. The summed E-state index contributed by atoms with van der Waals surface area (Å²) < 4.78 is 0. The number of nitrogens with two attached hydrogens (primary N) is 1. The number of carbonyl (C=O) groups is 1. The summed E-state index contributed by atoms with van der Waals surface area (Å²) in [5.74, 6) is 0.0706. The highest BCUT2D eigenvalue weighted by atomic mass is 16.3. The fourth-order valence-electron chi connectivity index (χ4n) is 1.62. The summed E-state index contributed by atoms with van der Waals surface area (Å²) in [6, 6.07) is -0.565. The van der Waals surface area contributed by atoms with E-state index < -0.39 is 17.0 Å². The van der Waals surface area contributed by atoms with Gasteiger partial charge in [0.25, 0.3) is 0 Å². The molecule has 0 aromatic rings. The predicted octanol–water partition coefficient (Wildman–Crippen LogP) is 0.626. The first kappa shape index (κ1) is 17.9. The maximum absolute atomic E-state index is 12.1. The first-order valence-corrected chi connectivity index (χ1v) is 7.42. The molecule has 1 aliphatic rings. The SMILES string of the molecule is CC(C)(NCC1CC1)C(=O)N/C(O)=C/C(N)C(C)(C)CO. The summed E-state index contributed by atoms with van der Waals surface area (Å²) in [5.41, 5.74) is 4.56. The van der Waals surface area contributed by atoms with Gasteiger partial charge in [-0.1, -0.05) is 13.8 Å². The first-order valence-electron chi connectivity index (χ1n) is 7.42. The summed E-state index contributed by atoms with van der Waals surface area (Å²) >= 11 is 0. The summed E-state index contributed by atoms with van der Waals surface area (Å²) in [7, 11) is 0. The van der Waals surface area contributed by atoms with E-state index in [2.05, 4.69) is 10.6 Å². The first-order chi connectivity index (χ1) is 9.58. The van der Waals surface area contributed by atoms with Gasteiger partial charge in [0, 0.05) is 18.1 Å². The number of rotatable bonds is 8. The maximum Gasteiger partial charge on any atom is 0.246 e. The van der Waals surface area contributed by atoms with Crippen LogP contribution in [-0.4, -0.2) is 40.9 Å². The van der Waals surface area contributed by atoms with E-state index >= 15 is 0 Å². The van der Waals surface area contributed by atoms with Gasteiger partial charge < -0.3 is 21.3 Å². The second-order valence-corrected chi connectivity index (χ2v) is 7.13. The average molecular weight is 299 g/mol. The summed E-state index contributed by atoms with van der Waals surface area (Å²) in [6.45, 7) is 7.81. The van der Waals surface area contributed by atoms with Crippen molar-refractivity contribution in [3.8, 4) is 0 Å². The van der Waals surface area contributed by atoms with Crippen molar-refractivity contribution in [2.75, 3.05) is 13.2 Å². The molecule has 1 saturated carbocycles. The molecule has 1 rings (SSSR count). The lowest BCUT2D eigenvalue weighted by Gasteiger charge is -2.28. The van der Waals surface area contributed by atoms with E-state index in [4.69, 9.17) is 5.73 Å². The molecular weight excluding hydrogens is 270 g/mol. The van der Waals surface area contributed by atoms with Gasteiger partial charge in [-0.15, -0.1) is 0 Å². The molecule has 1 unspecified atom stereocenters. The monoisotopic (exact) mass is 299 g/mol. The largest absolute Gasteiger partial charge is 0.495 e. The average Bonchev–Trinajstić information content (AvgIpc) is 3.20. The molecule has 0 radical (unpaired) electrons. The van der Waals surface area contributed by atoms with Gasteiger partial charge in [0.2, 0.25) is 5.91 Å². The molecule has 0 aliphatic heterocycles. The Morgan fingerprint density at radius 1 is 1.38 bits per heavy atom. The van der Waals surface area contributed by atoms with Gasteiger partial charge >= 0.3 is 0 Å². The van der Waals surface area contributed by atoms with Crippen LogP contribution in [0.2, 0.25) is 0 Å². The van der Waals surface area contributed by atoms with Gasteiger partial charge in [-0.25, -0.2) is 0 Å². The van der Waals surface area contributed by atoms with Crippen molar-refractivity contribution < 1.29 is 15.0 Å². The second-order valence-electron chi connectivity index (χ2n) is 7.13. The number of hydrogen-bond donors (Lipinski definition) is 5. The van der Waals surface area contributed by atoms with E-state index in [0.29, 0.717) is 5.92 Å². The van der Waals surface area contributed by atoms with Crippen molar-refractivity contribution >= 4 is 5.91 Å². The lowest BCUT2D eigenvalue weighted by molar-refractivity contribution is -0.126. The molecule has 1 aliphatic carbocycles. The number of nitrogens with one attached hydrogen (secondary N) is 2. The van der Waals surface area contributed by atoms with Gasteiger partial charge in [0.05, 0.1) is 5.54 Å². The highest BCUT2D eigenvalue weighted by Gasteiger charge is 2.31. The highest BCUT2D eigenvalue weighted by molar-refractivity contribution is 5.86. The molecule has 21 heavy (non-hydrogen) atoms. The minimum Gasteiger partial charge on any atom is -0.495 e. The molecule has 6 nitrogen and oxygen atoms in total. The molecule has 1 amide bonds. The Labute approximate surface area is 126 Å². The van der Waals surface area contributed by atoms with Crippen LogP contribution in [0.1, 0.15) is 40.5 Å². The number of aliphatic hydroxyl groups excluding tert-OH is 2. The van der Waals surface area contributed by atoms with Gasteiger partial charge in [-0.05, 0) is 45.2 Å². The zero-order valence-electron chi connectivity index (χ0n) is 13.4. The lowest BCUT2D eigenvalue weighted by Crippen LogP contribution is -2.53. The van der Waals surface area contributed by atoms with Gasteiger partial charge in [-0.2, -0.15) is 0 Å². The standard InChI is InChI=1S/C15H29N3O3/c1-14(2,9-19)11(16)7-12(20)18-13(21)15(3,4)17-8-10-5-6-10/h7,10-11,17,19-20H,5-6,8-9,16H2,1-4H3,(H,18,21)/b12-7-. The van der Waals surface area contributed by atoms with E-state index in [1.165, 1.54) is 18.9 Å². The Hall–Kier alpha value is -1.11. The Morgan fingerprint density at radius 2 is 1.95 bits per heavy atom. The topological polar surface area (TPSA) is 108 Å². The van der Waals surface area contributed by atoms with Gasteiger partial charge in [0.1, 0.15) is 0 Å². The van der Waals surface area contributed by atoms with Crippen molar-refractivity contribution in [2.45, 2.75) is 52.1 Å². The van der Waals surface area contributed by atoms with Crippen LogP contribution in [-0.2, 0) is 4.79 Å². The summed E-state index contributed by atoms with van der Waals surface area (Å²) in [4.78, 5) is 12.1. The lowest BCUT2D eigenvalue weighted by atomic mass is 9.86. The number of aliphatic hydroxyl groups is 2. The molecule has 1 atom stereocenters. The molecule has 0 heterocycles. The molecule has 0 aromatic heterocycles. The fraction of sp³-hybridized carbons (Fsp3) is 0.800. The van der Waals surface area contributed by atoms with Gasteiger partial charge in [0.15, 0.2) is 5.88 Å². The minimum atomic E-state index is -0.763. The Balaban J connectivity index is 2.55. The molecule has 0 aromatic carbocycles. The molecular formula is C15H29N3O3. The van der Waals surface area contributed by atoms with E-state index in [-0.39, 0.29) is 18.4 Å². The molecule has 6 heteroatoms. The van der Waals surface area contributed by atoms with E-state index in [1.807, 2.05) is 0 Å². The quantitative estimate of drug-likeness (QED) is 0.422. The molecule has 122 valence electrons. The molecule has 0 bridgehead atoms. The second kappa shape index (κ2) is 6.77. The third-order valence-electron chi connectivity index (χ3n) is 3.99. The highest BCUT2D eigenvalue weighted by Crippen LogP contribution is 2.28. The summed E-state index contributed by atoms with van der Waals surface area (Å²) in [6.07, 6.45) is 3.77. The molecule has 1 fully saturated rings. The Bertz CT molecular complexity index is 401. The van der Waals surface area contributed by atoms with Crippen LogP contribution in [0.3, 0.4) is 0 Å². The van der Waals surface area contributed by atoms with E-state index in [9.17, 15) is 15.0 Å². The summed E-state index contributed by atoms with van der Waals surface area (Å²) in [5, 5.41) is 24.7. The number of carbonyl (C=O) groups excluding carboxylic acids is 1. The van der Waals surface area contributed by atoms with Crippen LogP contribution in [0.15, 0.2) is 12.0 Å². The smallest absolute Gasteiger partial charge is 0.246 e. The van der Waals surface area contributed by atoms with Crippen molar-refractivity contribution in [1.29, 1.82) is 0 Å². The van der Waals surface area contributed by atoms with Crippen molar-refractivity contribution in [2.24, 2.45) is 17.1 Å². The number of hydrogen-bond acceptors (Lipinski definition) is 5. The molecule has 6 N–H and O–H groups in total. The van der Waals surface area contributed by atoms with Crippen LogP contribution in [0, 0.1) is 11.3 Å².